The van der Waals surface area contributed by atoms with Gasteiger partial charge in [-0.1, -0.05) is 133 Å². The Morgan fingerprint density at radius 1 is 0.360 bits per heavy atom. The molecular weight excluding hydrogens is 627 g/mol. The van der Waals surface area contributed by atoms with E-state index in [-0.39, 0.29) is 0 Å². The van der Waals surface area contributed by atoms with Crippen LogP contribution in [0.3, 0.4) is 0 Å². The molecule has 0 aliphatic rings. The van der Waals surface area contributed by atoms with Gasteiger partial charge in [0.2, 0.25) is 0 Å². The highest BCUT2D eigenvalue weighted by Crippen LogP contribution is 2.38. The van der Waals surface area contributed by atoms with Crippen LogP contribution < -0.4 is 0 Å². The number of rotatable bonds is 5. The Labute approximate surface area is 293 Å². The number of hydrogen-bond acceptors (Lipinski definition) is 3. The molecule has 3 heterocycles. The number of hydrogen-bond donors (Lipinski definition) is 0. The second kappa shape index (κ2) is 11.7. The molecule has 0 N–H and O–H groups in total. The van der Waals surface area contributed by atoms with Gasteiger partial charge in [-0.15, -0.1) is 11.3 Å². The van der Waals surface area contributed by atoms with E-state index in [4.69, 9.17) is 9.97 Å². The number of fused-ring (bicyclic) bond motifs is 6. The topological polar surface area (TPSA) is 30.7 Å². The monoisotopic (exact) mass is 655 g/mol. The molecule has 0 aliphatic heterocycles. The molecule has 0 fully saturated rings. The Morgan fingerprint density at radius 3 is 1.68 bits per heavy atom. The van der Waals surface area contributed by atoms with Gasteiger partial charge in [0.25, 0.3) is 0 Å². The highest BCUT2D eigenvalue weighted by Gasteiger charge is 2.16. The molecule has 0 atom stereocenters. The fraction of sp³-hybridized carbons (Fsp3) is 0. The molecule has 0 spiro atoms. The molecule has 0 bridgehead atoms. The van der Waals surface area contributed by atoms with Crippen LogP contribution >= 0.6 is 11.3 Å². The minimum atomic E-state index is 0.698. The summed E-state index contributed by atoms with van der Waals surface area (Å²) in [6.07, 6.45) is 0. The summed E-state index contributed by atoms with van der Waals surface area (Å²) in [5.41, 5.74) is 10.7. The van der Waals surface area contributed by atoms with E-state index in [0.717, 1.165) is 33.8 Å². The van der Waals surface area contributed by atoms with Crippen molar-refractivity contribution in [3.05, 3.63) is 176 Å². The average molecular weight is 656 g/mol. The van der Waals surface area contributed by atoms with Crippen LogP contribution in [0.2, 0.25) is 0 Å². The molecule has 0 saturated heterocycles. The van der Waals surface area contributed by atoms with E-state index >= 15 is 0 Å². The zero-order valence-electron chi connectivity index (χ0n) is 27.0. The summed E-state index contributed by atoms with van der Waals surface area (Å²) in [6.45, 7) is 0. The molecule has 7 aromatic carbocycles. The second-order valence-electron chi connectivity index (χ2n) is 12.6. The minimum absolute atomic E-state index is 0.698. The summed E-state index contributed by atoms with van der Waals surface area (Å²) in [5, 5.41) is 5.05. The third kappa shape index (κ3) is 4.80. The van der Waals surface area contributed by atoms with Crippen LogP contribution in [0.1, 0.15) is 0 Å². The van der Waals surface area contributed by atoms with E-state index in [1.807, 2.05) is 17.4 Å². The van der Waals surface area contributed by atoms with Crippen molar-refractivity contribution < 1.29 is 0 Å². The molecular formula is C46H29N3S. The van der Waals surface area contributed by atoms with Gasteiger partial charge in [-0.3, -0.25) is 0 Å². The van der Waals surface area contributed by atoms with E-state index in [1.165, 1.54) is 53.1 Å². The molecule has 50 heavy (non-hydrogen) atoms. The highest BCUT2D eigenvalue weighted by molar-refractivity contribution is 7.25. The molecule has 0 saturated carbocycles. The molecule has 3 aromatic heterocycles. The predicted molar refractivity (Wildman–Crippen MR) is 211 cm³/mol. The Kier molecular flexibility index (Phi) is 6.68. The fourth-order valence-electron chi connectivity index (χ4n) is 7.21. The first-order valence-electron chi connectivity index (χ1n) is 16.8. The van der Waals surface area contributed by atoms with Crippen LogP contribution in [0.4, 0.5) is 0 Å². The number of aromatic nitrogens is 3. The Morgan fingerprint density at radius 2 is 0.920 bits per heavy atom. The predicted octanol–water partition coefficient (Wildman–Crippen LogP) is 12.6. The molecule has 3 nitrogen and oxygen atoms in total. The molecule has 234 valence electrons. The molecule has 10 aromatic rings. The normalized spacial score (nSPS) is 11.6. The first-order valence-corrected chi connectivity index (χ1v) is 17.6. The molecule has 0 amide bonds. The summed E-state index contributed by atoms with van der Waals surface area (Å²) < 4.78 is 4.89. The van der Waals surface area contributed by atoms with Crippen molar-refractivity contribution in [2.24, 2.45) is 0 Å². The fourth-order valence-corrected chi connectivity index (χ4v) is 8.35. The summed E-state index contributed by atoms with van der Waals surface area (Å²) in [6, 6.07) is 62.5. The van der Waals surface area contributed by atoms with Crippen LogP contribution in [0.5, 0.6) is 0 Å². The Bertz CT molecular complexity index is 2810. The van der Waals surface area contributed by atoms with Crippen LogP contribution in [0, 0.1) is 0 Å². The summed E-state index contributed by atoms with van der Waals surface area (Å²) in [4.78, 5) is 10.5. The van der Waals surface area contributed by atoms with Gasteiger partial charge in [0.05, 0.1) is 22.4 Å². The number of para-hydroxylation sites is 2. The highest BCUT2D eigenvalue weighted by atomic mass is 32.1. The second-order valence-corrected chi connectivity index (χ2v) is 13.7. The molecule has 0 aliphatic carbocycles. The third-order valence-electron chi connectivity index (χ3n) is 9.63. The number of thiophene rings is 1. The average Bonchev–Trinajstić information content (AvgIpc) is 3.74. The largest absolute Gasteiger partial charge is 0.309 e. The SMILES string of the molecule is c1ccc(-c2ccc(-c3cc(-c4ccc5c(c4)sc4ccccc45)nc(-c4cccc(-n5c6ccccc6c6ccccc65)c4)n3)cc2)cc1. The standard InChI is InChI=1S/C46H29N3S/c1-2-11-30(12-3-1)31-21-23-32(24-22-31)40-29-41(33-25-26-39-38-17-6-9-20-44(38)50-45(39)28-33)48-46(47-40)34-13-10-14-35(27-34)49-42-18-7-4-15-36(42)37-16-5-8-19-43(37)49/h1-29H. The van der Waals surface area contributed by atoms with Crippen molar-refractivity contribution in [3.63, 3.8) is 0 Å². The maximum absolute atomic E-state index is 5.26. The van der Waals surface area contributed by atoms with Gasteiger partial charge >= 0.3 is 0 Å². The quantitative estimate of drug-likeness (QED) is 0.185. The zero-order valence-corrected chi connectivity index (χ0v) is 27.8. The van der Waals surface area contributed by atoms with Crippen molar-refractivity contribution in [2.45, 2.75) is 0 Å². The molecule has 0 radical (unpaired) electrons. The molecule has 0 unspecified atom stereocenters. The maximum atomic E-state index is 5.26. The van der Waals surface area contributed by atoms with Crippen molar-refractivity contribution in [1.82, 2.24) is 14.5 Å². The van der Waals surface area contributed by atoms with Crippen molar-refractivity contribution >= 4 is 53.3 Å². The summed E-state index contributed by atoms with van der Waals surface area (Å²) in [7, 11) is 0. The Hall–Kier alpha value is -6.36. The van der Waals surface area contributed by atoms with Gasteiger partial charge in [-0.25, -0.2) is 9.97 Å². The first kappa shape index (κ1) is 28.6. The van der Waals surface area contributed by atoms with Crippen molar-refractivity contribution in [3.8, 4) is 50.7 Å². The van der Waals surface area contributed by atoms with Crippen molar-refractivity contribution in [2.75, 3.05) is 0 Å². The Balaban J connectivity index is 1.14. The van der Waals surface area contributed by atoms with Crippen LogP contribution in [0.15, 0.2) is 176 Å². The number of benzene rings is 7. The van der Waals surface area contributed by atoms with Crippen LogP contribution in [-0.2, 0) is 0 Å². The van der Waals surface area contributed by atoms with E-state index < -0.39 is 0 Å². The lowest BCUT2D eigenvalue weighted by atomic mass is 10.0. The summed E-state index contributed by atoms with van der Waals surface area (Å²) in [5.74, 6) is 0.698. The lowest BCUT2D eigenvalue weighted by Crippen LogP contribution is -1.98. The van der Waals surface area contributed by atoms with Gasteiger partial charge in [0, 0.05) is 53.3 Å². The minimum Gasteiger partial charge on any atom is -0.309 e. The lowest BCUT2D eigenvalue weighted by molar-refractivity contribution is 1.16. The van der Waals surface area contributed by atoms with Gasteiger partial charge in [0.1, 0.15) is 0 Å². The van der Waals surface area contributed by atoms with Gasteiger partial charge < -0.3 is 4.57 Å². The van der Waals surface area contributed by atoms with Crippen molar-refractivity contribution in [1.29, 1.82) is 0 Å². The van der Waals surface area contributed by atoms with Gasteiger partial charge in [-0.2, -0.15) is 0 Å². The van der Waals surface area contributed by atoms with E-state index in [2.05, 4.69) is 174 Å². The maximum Gasteiger partial charge on any atom is 0.160 e. The smallest absolute Gasteiger partial charge is 0.160 e. The first-order chi connectivity index (χ1) is 24.8. The van der Waals surface area contributed by atoms with Crippen LogP contribution in [0.25, 0.3) is 92.7 Å². The van der Waals surface area contributed by atoms with Crippen LogP contribution in [-0.4, -0.2) is 14.5 Å². The lowest BCUT2D eigenvalue weighted by Gasteiger charge is -2.12. The van der Waals surface area contributed by atoms with Gasteiger partial charge in [-0.05, 0) is 53.6 Å². The van der Waals surface area contributed by atoms with Gasteiger partial charge in [0.15, 0.2) is 5.82 Å². The molecule has 4 heteroatoms. The van der Waals surface area contributed by atoms with E-state index in [9.17, 15) is 0 Å². The molecule has 10 rings (SSSR count). The summed E-state index contributed by atoms with van der Waals surface area (Å²) >= 11 is 1.83. The van der Waals surface area contributed by atoms with E-state index in [1.54, 1.807) is 0 Å². The third-order valence-corrected chi connectivity index (χ3v) is 10.8. The zero-order chi connectivity index (χ0) is 33.0. The number of nitrogens with zero attached hydrogens (tertiary/aromatic N) is 3. The van der Waals surface area contributed by atoms with E-state index in [0.29, 0.717) is 5.82 Å².